The van der Waals surface area contributed by atoms with Gasteiger partial charge in [-0.25, -0.2) is 4.79 Å². The third-order valence-electron chi connectivity index (χ3n) is 3.19. The fourth-order valence-corrected chi connectivity index (χ4v) is 2.40. The predicted octanol–water partition coefficient (Wildman–Crippen LogP) is 2.16. The fraction of sp³-hybridized carbons (Fsp3) is 0.308. The van der Waals surface area contributed by atoms with Crippen molar-refractivity contribution in [2.45, 2.75) is 25.4 Å². The van der Waals surface area contributed by atoms with Crippen molar-refractivity contribution in [2.75, 3.05) is 0 Å². The first-order valence-corrected chi connectivity index (χ1v) is 5.49. The molecule has 1 aliphatic carbocycles. The van der Waals surface area contributed by atoms with Gasteiger partial charge in [0.1, 0.15) is 5.58 Å². The molecule has 1 atom stereocenters. The molecule has 1 N–H and O–H groups in total. The first kappa shape index (κ1) is 9.60. The lowest BCUT2D eigenvalue weighted by atomic mass is 9.88. The largest absolute Gasteiger partial charge is 0.422 e. The third-order valence-corrected chi connectivity index (χ3v) is 3.19. The van der Waals surface area contributed by atoms with E-state index in [-0.39, 0.29) is 5.63 Å². The van der Waals surface area contributed by atoms with E-state index >= 15 is 0 Å². The molecule has 1 aromatic carbocycles. The molecule has 0 spiro atoms. The molecule has 0 aliphatic heterocycles. The summed E-state index contributed by atoms with van der Waals surface area (Å²) in [5, 5.41) is 10.8. The molecular weight excluding hydrogens is 204 g/mol. The monoisotopic (exact) mass is 216 g/mol. The van der Waals surface area contributed by atoms with Crippen LogP contribution in [0.4, 0.5) is 0 Å². The van der Waals surface area contributed by atoms with Crippen molar-refractivity contribution >= 4 is 11.0 Å². The second-order valence-corrected chi connectivity index (χ2v) is 4.21. The maximum absolute atomic E-state index is 11.2. The Bertz CT molecular complexity index is 598. The van der Waals surface area contributed by atoms with Crippen molar-refractivity contribution in [3.05, 3.63) is 45.8 Å². The van der Waals surface area contributed by atoms with Gasteiger partial charge in [0.2, 0.25) is 0 Å². The van der Waals surface area contributed by atoms with Gasteiger partial charge in [-0.1, -0.05) is 12.1 Å². The maximum atomic E-state index is 11.2. The number of aliphatic hydroxyl groups is 1. The molecule has 3 rings (SSSR count). The van der Waals surface area contributed by atoms with E-state index in [0.29, 0.717) is 5.58 Å². The van der Waals surface area contributed by atoms with Gasteiger partial charge >= 0.3 is 5.63 Å². The summed E-state index contributed by atoms with van der Waals surface area (Å²) >= 11 is 0. The number of hydrogen-bond acceptors (Lipinski definition) is 3. The molecule has 3 heteroatoms. The average molecular weight is 216 g/mol. The number of hydrogen-bond donors (Lipinski definition) is 1. The topological polar surface area (TPSA) is 50.4 Å². The average Bonchev–Trinajstić information content (AvgIpc) is 2.29. The first-order valence-electron chi connectivity index (χ1n) is 5.49. The number of aryl methyl sites for hydroxylation is 1. The molecule has 0 fully saturated rings. The van der Waals surface area contributed by atoms with E-state index in [2.05, 4.69) is 0 Å². The second-order valence-electron chi connectivity index (χ2n) is 4.21. The number of fused-ring (bicyclic) bond motifs is 3. The first-order chi connectivity index (χ1) is 7.75. The molecule has 1 heterocycles. The molecule has 0 radical (unpaired) electrons. The van der Waals surface area contributed by atoms with E-state index in [9.17, 15) is 9.90 Å². The molecule has 2 aromatic rings. The molecule has 0 saturated heterocycles. The van der Waals surface area contributed by atoms with Gasteiger partial charge < -0.3 is 9.52 Å². The van der Waals surface area contributed by atoms with Gasteiger partial charge in [0, 0.05) is 17.0 Å². The van der Waals surface area contributed by atoms with E-state index < -0.39 is 6.10 Å². The minimum absolute atomic E-state index is 0.332. The van der Waals surface area contributed by atoms with Crippen molar-refractivity contribution in [3.8, 4) is 0 Å². The second kappa shape index (κ2) is 3.46. The van der Waals surface area contributed by atoms with Crippen LogP contribution in [0.3, 0.4) is 0 Å². The van der Waals surface area contributed by atoms with E-state index in [1.54, 1.807) is 6.07 Å². The highest BCUT2D eigenvalue weighted by Crippen LogP contribution is 2.33. The number of benzene rings is 1. The Kier molecular flexibility index (Phi) is 2.07. The zero-order valence-corrected chi connectivity index (χ0v) is 8.77. The molecule has 1 unspecified atom stereocenters. The molecule has 1 aliphatic rings. The summed E-state index contributed by atoms with van der Waals surface area (Å²) in [5.74, 6) is 0. The summed E-state index contributed by atoms with van der Waals surface area (Å²) in [5.41, 5.74) is 2.21. The van der Waals surface area contributed by atoms with Crippen LogP contribution in [0, 0.1) is 0 Å². The summed E-state index contributed by atoms with van der Waals surface area (Å²) in [6, 6.07) is 7.02. The highest BCUT2D eigenvalue weighted by Gasteiger charge is 2.20. The van der Waals surface area contributed by atoms with Gasteiger partial charge in [-0.05, 0) is 30.9 Å². The minimum atomic E-state index is -0.418. The number of rotatable bonds is 0. The van der Waals surface area contributed by atoms with E-state index in [1.165, 1.54) is 6.07 Å². The quantitative estimate of drug-likeness (QED) is 0.686. The Balaban J connectivity index is 2.37. The maximum Gasteiger partial charge on any atom is 0.336 e. The highest BCUT2D eigenvalue weighted by molar-refractivity contribution is 5.81. The third kappa shape index (κ3) is 1.36. The molecule has 0 amide bonds. The van der Waals surface area contributed by atoms with Crippen LogP contribution in [0.15, 0.2) is 33.5 Å². The van der Waals surface area contributed by atoms with E-state index in [1.807, 2.05) is 12.1 Å². The van der Waals surface area contributed by atoms with Gasteiger partial charge in [0.25, 0.3) is 0 Å². The zero-order valence-electron chi connectivity index (χ0n) is 8.77. The summed E-state index contributed by atoms with van der Waals surface area (Å²) in [6.07, 6.45) is 2.18. The standard InChI is InChI=1S/C13H12O3/c14-11-3-1-2-10-9(11)6-4-8-5-7-12(15)16-13(8)10/h4-7,11,14H,1-3H2. The van der Waals surface area contributed by atoms with Crippen molar-refractivity contribution < 1.29 is 9.52 Å². The summed E-state index contributed by atoms with van der Waals surface area (Å²) < 4.78 is 5.24. The van der Waals surface area contributed by atoms with Crippen molar-refractivity contribution in [1.29, 1.82) is 0 Å². The number of aliphatic hydroxyl groups excluding tert-OH is 1. The van der Waals surface area contributed by atoms with Gasteiger partial charge in [0.05, 0.1) is 6.10 Å². The van der Waals surface area contributed by atoms with Gasteiger partial charge in [-0.15, -0.1) is 0 Å². The Labute approximate surface area is 92.3 Å². The fourth-order valence-electron chi connectivity index (χ4n) is 2.40. The SMILES string of the molecule is O=c1ccc2ccc3c(c2o1)CCCC3O. The van der Waals surface area contributed by atoms with Crippen LogP contribution >= 0.6 is 0 Å². The Morgan fingerprint density at radius 1 is 1.25 bits per heavy atom. The molecular formula is C13H12O3. The van der Waals surface area contributed by atoms with Crippen LogP contribution in [0.25, 0.3) is 11.0 Å². The van der Waals surface area contributed by atoms with Crippen molar-refractivity contribution in [1.82, 2.24) is 0 Å². The van der Waals surface area contributed by atoms with Gasteiger partial charge in [-0.3, -0.25) is 0 Å². The van der Waals surface area contributed by atoms with Crippen LogP contribution in [0.1, 0.15) is 30.1 Å². The van der Waals surface area contributed by atoms with Crippen LogP contribution in [-0.4, -0.2) is 5.11 Å². The minimum Gasteiger partial charge on any atom is -0.422 e. The van der Waals surface area contributed by atoms with Crippen LogP contribution in [0.2, 0.25) is 0 Å². The Morgan fingerprint density at radius 3 is 2.94 bits per heavy atom. The summed E-state index contributed by atoms with van der Waals surface area (Å²) in [6.45, 7) is 0. The Morgan fingerprint density at radius 2 is 2.06 bits per heavy atom. The van der Waals surface area contributed by atoms with Crippen molar-refractivity contribution in [3.63, 3.8) is 0 Å². The van der Waals surface area contributed by atoms with Gasteiger partial charge in [0.15, 0.2) is 0 Å². The predicted molar refractivity (Wildman–Crippen MR) is 60.4 cm³/mol. The molecule has 0 saturated carbocycles. The lowest BCUT2D eigenvalue weighted by Gasteiger charge is -2.21. The highest BCUT2D eigenvalue weighted by atomic mass is 16.4. The lowest BCUT2D eigenvalue weighted by molar-refractivity contribution is 0.156. The van der Waals surface area contributed by atoms with E-state index in [0.717, 1.165) is 35.8 Å². The summed E-state index contributed by atoms with van der Waals surface area (Å²) in [7, 11) is 0. The molecule has 82 valence electrons. The van der Waals surface area contributed by atoms with Gasteiger partial charge in [-0.2, -0.15) is 0 Å². The normalized spacial score (nSPS) is 19.7. The molecule has 0 bridgehead atoms. The van der Waals surface area contributed by atoms with E-state index in [4.69, 9.17) is 4.42 Å². The zero-order chi connectivity index (χ0) is 11.1. The van der Waals surface area contributed by atoms with Crippen LogP contribution < -0.4 is 5.63 Å². The molecule has 1 aromatic heterocycles. The van der Waals surface area contributed by atoms with Crippen molar-refractivity contribution in [2.24, 2.45) is 0 Å². The lowest BCUT2D eigenvalue weighted by Crippen LogP contribution is -2.10. The van der Waals surface area contributed by atoms with Crippen LogP contribution in [0.5, 0.6) is 0 Å². The summed E-state index contributed by atoms with van der Waals surface area (Å²) in [4.78, 5) is 11.2. The van der Waals surface area contributed by atoms with Crippen LogP contribution in [-0.2, 0) is 6.42 Å². The smallest absolute Gasteiger partial charge is 0.336 e. The molecule has 3 nitrogen and oxygen atoms in total. The molecule has 16 heavy (non-hydrogen) atoms. The Hall–Kier alpha value is -1.61.